The predicted octanol–water partition coefficient (Wildman–Crippen LogP) is 2.64. The van der Waals surface area contributed by atoms with Crippen LogP contribution in [0.15, 0.2) is 48.8 Å². The second kappa shape index (κ2) is 4.57. The third kappa shape index (κ3) is 2.45. The highest BCUT2D eigenvalue weighted by atomic mass is 16.1. The van der Waals surface area contributed by atoms with E-state index in [4.69, 9.17) is 0 Å². The van der Waals surface area contributed by atoms with Gasteiger partial charge in [-0.2, -0.15) is 0 Å². The molecule has 1 aromatic heterocycles. The SMILES string of the molecule is Cc1ccc(C(=O)Nc2cccnc2)cc1. The number of rotatable bonds is 2. The third-order valence-corrected chi connectivity index (χ3v) is 2.23. The molecule has 0 saturated carbocycles. The summed E-state index contributed by atoms with van der Waals surface area (Å²) in [6.45, 7) is 1.99. The van der Waals surface area contributed by atoms with Crippen LogP contribution in [-0.4, -0.2) is 10.9 Å². The van der Waals surface area contributed by atoms with Gasteiger partial charge in [-0.1, -0.05) is 17.7 Å². The van der Waals surface area contributed by atoms with Crippen molar-refractivity contribution >= 4 is 11.6 Å². The third-order valence-electron chi connectivity index (χ3n) is 2.23. The van der Waals surface area contributed by atoms with Gasteiger partial charge in [0.1, 0.15) is 0 Å². The van der Waals surface area contributed by atoms with Gasteiger partial charge in [0, 0.05) is 11.8 Å². The van der Waals surface area contributed by atoms with Gasteiger partial charge in [-0.25, -0.2) is 0 Å². The molecule has 3 heteroatoms. The molecule has 0 fully saturated rings. The summed E-state index contributed by atoms with van der Waals surface area (Å²) in [5.74, 6) is -0.118. The fraction of sp³-hybridized carbons (Fsp3) is 0.0769. The number of hydrogen-bond acceptors (Lipinski definition) is 2. The summed E-state index contributed by atoms with van der Waals surface area (Å²) in [4.78, 5) is 15.7. The summed E-state index contributed by atoms with van der Waals surface area (Å²) in [6, 6.07) is 11.0. The van der Waals surface area contributed by atoms with Gasteiger partial charge in [-0.05, 0) is 31.2 Å². The Morgan fingerprint density at radius 2 is 1.94 bits per heavy atom. The molecular formula is C13H12N2O. The van der Waals surface area contributed by atoms with E-state index in [1.165, 1.54) is 0 Å². The zero-order valence-electron chi connectivity index (χ0n) is 8.97. The summed E-state index contributed by atoms with van der Waals surface area (Å²) in [7, 11) is 0. The van der Waals surface area contributed by atoms with Crippen molar-refractivity contribution in [3.05, 3.63) is 59.9 Å². The number of amides is 1. The average Bonchev–Trinajstić information content (AvgIpc) is 2.31. The van der Waals surface area contributed by atoms with Crippen LogP contribution in [0.4, 0.5) is 5.69 Å². The fourth-order valence-electron chi connectivity index (χ4n) is 1.34. The van der Waals surface area contributed by atoms with E-state index in [0.717, 1.165) is 5.56 Å². The molecule has 2 aromatic rings. The Kier molecular flexibility index (Phi) is 2.96. The second-order valence-corrected chi connectivity index (χ2v) is 3.56. The van der Waals surface area contributed by atoms with E-state index in [1.807, 2.05) is 19.1 Å². The van der Waals surface area contributed by atoms with Crippen LogP contribution in [0.1, 0.15) is 15.9 Å². The van der Waals surface area contributed by atoms with Crippen molar-refractivity contribution in [1.82, 2.24) is 4.98 Å². The maximum absolute atomic E-state index is 11.8. The smallest absolute Gasteiger partial charge is 0.255 e. The Hall–Kier alpha value is -2.16. The number of carbonyl (C=O) groups excluding carboxylic acids is 1. The lowest BCUT2D eigenvalue weighted by molar-refractivity contribution is 0.102. The first-order valence-corrected chi connectivity index (χ1v) is 5.04. The van der Waals surface area contributed by atoms with Gasteiger partial charge in [0.2, 0.25) is 0 Å². The molecule has 1 N–H and O–H groups in total. The van der Waals surface area contributed by atoms with Crippen LogP contribution in [0.25, 0.3) is 0 Å². The first-order chi connectivity index (χ1) is 7.75. The van der Waals surface area contributed by atoms with Crippen molar-refractivity contribution in [2.24, 2.45) is 0 Å². The number of anilines is 1. The van der Waals surface area contributed by atoms with E-state index < -0.39 is 0 Å². The average molecular weight is 212 g/mol. The van der Waals surface area contributed by atoms with Crippen molar-refractivity contribution < 1.29 is 4.79 Å². The molecule has 0 unspecified atom stereocenters. The normalized spacial score (nSPS) is 9.81. The highest BCUT2D eigenvalue weighted by Crippen LogP contribution is 2.08. The van der Waals surface area contributed by atoms with Crippen LogP contribution in [-0.2, 0) is 0 Å². The van der Waals surface area contributed by atoms with E-state index in [-0.39, 0.29) is 5.91 Å². The fourth-order valence-corrected chi connectivity index (χ4v) is 1.34. The standard InChI is InChI=1S/C13H12N2O/c1-10-4-6-11(7-5-10)13(16)15-12-3-2-8-14-9-12/h2-9H,1H3,(H,15,16). The van der Waals surface area contributed by atoms with Gasteiger partial charge < -0.3 is 5.32 Å². The zero-order valence-corrected chi connectivity index (χ0v) is 8.97. The number of hydrogen-bond donors (Lipinski definition) is 1. The summed E-state index contributed by atoms with van der Waals surface area (Å²) in [5, 5.41) is 2.78. The molecular weight excluding hydrogens is 200 g/mol. The molecule has 1 amide bonds. The number of nitrogens with one attached hydrogen (secondary N) is 1. The monoisotopic (exact) mass is 212 g/mol. The molecule has 0 bridgehead atoms. The molecule has 0 aliphatic heterocycles. The number of aromatic nitrogens is 1. The Bertz CT molecular complexity index is 477. The van der Waals surface area contributed by atoms with Gasteiger partial charge in [0.15, 0.2) is 0 Å². The topological polar surface area (TPSA) is 42.0 Å². The van der Waals surface area contributed by atoms with Crippen molar-refractivity contribution in [3.8, 4) is 0 Å². The van der Waals surface area contributed by atoms with E-state index in [1.54, 1.807) is 36.7 Å². The molecule has 0 atom stereocenters. The first-order valence-electron chi connectivity index (χ1n) is 5.04. The van der Waals surface area contributed by atoms with E-state index in [2.05, 4.69) is 10.3 Å². The van der Waals surface area contributed by atoms with Gasteiger partial charge >= 0.3 is 0 Å². The van der Waals surface area contributed by atoms with Crippen molar-refractivity contribution in [1.29, 1.82) is 0 Å². The van der Waals surface area contributed by atoms with Crippen LogP contribution in [0.5, 0.6) is 0 Å². The van der Waals surface area contributed by atoms with Gasteiger partial charge in [-0.3, -0.25) is 9.78 Å². The Morgan fingerprint density at radius 1 is 1.19 bits per heavy atom. The molecule has 16 heavy (non-hydrogen) atoms. The molecule has 80 valence electrons. The minimum absolute atomic E-state index is 0.118. The number of carbonyl (C=O) groups is 1. The lowest BCUT2D eigenvalue weighted by Crippen LogP contribution is -2.11. The van der Waals surface area contributed by atoms with E-state index in [9.17, 15) is 4.79 Å². The molecule has 1 aromatic carbocycles. The molecule has 3 nitrogen and oxygen atoms in total. The maximum atomic E-state index is 11.8. The molecule has 0 radical (unpaired) electrons. The molecule has 0 saturated heterocycles. The molecule has 0 aliphatic rings. The van der Waals surface area contributed by atoms with Crippen LogP contribution in [0, 0.1) is 6.92 Å². The van der Waals surface area contributed by atoms with Gasteiger partial charge in [0.25, 0.3) is 5.91 Å². The Balaban J connectivity index is 2.12. The molecule has 0 aliphatic carbocycles. The van der Waals surface area contributed by atoms with Crippen molar-refractivity contribution in [2.75, 3.05) is 5.32 Å². The number of nitrogens with zero attached hydrogens (tertiary/aromatic N) is 1. The Labute approximate surface area is 94.1 Å². The number of pyridine rings is 1. The van der Waals surface area contributed by atoms with Crippen molar-refractivity contribution in [3.63, 3.8) is 0 Å². The largest absolute Gasteiger partial charge is 0.321 e. The van der Waals surface area contributed by atoms with Crippen LogP contribution in [0.2, 0.25) is 0 Å². The van der Waals surface area contributed by atoms with Crippen LogP contribution < -0.4 is 5.32 Å². The quantitative estimate of drug-likeness (QED) is 0.831. The van der Waals surface area contributed by atoms with E-state index in [0.29, 0.717) is 11.3 Å². The zero-order chi connectivity index (χ0) is 11.4. The second-order valence-electron chi connectivity index (χ2n) is 3.56. The lowest BCUT2D eigenvalue weighted by atomic mass is 10.1. The van der Waals surface area contributed by atoms with Crippen molar-refractivity contribution in [2.45, 2.75) is 6.92 Å². The van der Waals surface area contributed by atoms with Gasteiger partial charge in [0.05, 0.1) is 11.9 Å². The highest BCUT2D eigenvalue weighted by Gasteiger charge is 2.04. The van der Waals surface area contributed by atoms with Crippen LogP contribution >= 0.6 is 0 Å². The number of benzene rings is 1. The summed E-state index contributed by atoms with van der Waals surface area (Å²) >= 11 is 0. The first kappa shape index (κ1) is 10.4. The molecule has 1 heterocycles. The predicted molar refractivity (Wildman–Crippen MR) is 63.4 cm³/mol. The maximum Gasteiger partial charge on any atom is 0.255 e. The summed E-state index contributed by atoms with van der Waals surface area (Å²) in [5.41, 5.74) is 2.49. The highest BCUT2D eigenvalue weighted by molar-refractivity contribution is 6.04. The minimum atomic E-state index is -0.118. The summed E-state index contributed by atoms with van der Waals surface area (Å²) < 4.78 is 0. The minimum Gasteiger partial charge on any atom is -0.321 e. The molecule has 0 spiro atoms. The Morgan fingerprint density at radius 3 is 2.56 bits per heavy atom. The van der Waals surface area contributed by atoms with E-state index >= 15 is 0 Å². The van der Waals surface area contributed by atoms with Gasteiger partial charge in [-0.15, -0.1) is 0 Å². The lowest BCUT2D eigenvalue weighted by Gasteiger charge is -2.04. The van der Waals surface area contributed by atoms with Crippen LogP contribution in [0.3, 0.4) is 0 Å². The number of aryl methyl sites for hydroxylation is 1. The molecule has 2 rings (SSSR count). The summed E-state index contributed by atoms with van der Waals surface area (Å²) in [6.07, 6.45) is 3.29.